The summed E-state index contributed by atoms with van der Waals surface area (Å²) < 4.78 is 5.45. The van der Waals surface area contributed by atoms with Crippen LogP contribution >= 0.6 is 11.3 Å². The van der Waals surface area contributed by atoms with Crippen LogP contribution in [0.2, 0.25) is 0 Å². The van der Waals surface area contributed by atoms with E-state index in [9.17, 15) is 4.79 Å². The van der Waals surface area contributed by atoms with Crippen molar-refractivity contribution in [1.29, 1.82) is 0 Å². The lowest BCUT2D eigenvalue weighted by molar-refractivity contribution is -0.147. The molecule has 1 aliphatic rings. The number of hydrogen-bond donors (Lipinski definition) is 1. The van der Waals surface area contributed by atoms with Gasteiger partial charge in [-0.2, -0.15) is 0 Å². The quantitative estimate of drug-likeness (QED) is 0.853. The van der Waals surface area contributed by atoms with Crippen LogP contribution < -0.4 is 5.32 Å². The molecule has 2 aromatic rings. The molecular formula is C16H17NO2S. The van der Waals surface area contributed by atoms with Gasteiger partial charge in [-0.1, -0.05) is 17.7 Å². The van der Waals surface area contributed by atoms with Crippen molar-refractivity contribution in [2.75, 3.05) is 5.32 Å². The fourth-order valence-electron chi connectivity index (χ4n) is 2.36. The molecule has 0 unspecified atom stereocenters. The highest BCUT2D eigenvalue weighted by molar-refractivity contribution is 7.14. The Balaban J connectivity index is 1.77. The molecule has 3 rings (SSSR count). The lowest BCUT2D eigenvalue weighted by Crippen LogP contribution is -2.19. The molecule has 0 radical (unpaired) electrons. The normalized spacial score (nSPS) is 21.8. The minimum atomic E-state index is -0.458. The topological polar surface area (TPSA) is 38.3 Å². The van der Waals surface area contributed by atoms with Gasteiger partial charge in [0.1, 0.15) is 5.60 Å². The van der Waals surface area contributed by atoms with Gasteiger partial charge in [-0.3, -0.25) is 4.79 Å². The number of nitrogens with one attached hydrogen (secondary N) is 1. The maximum absolute atomic E-state index is 11.3. The van der Waals surface area contributed by atoms with E-state index < -0.39 is 5.60 Å². The van der Waals surface area contributed by atoms with Crippen molar-refractivity contribution >= 4 is 28.0 Å². The number of esters is 1. The number of carbonyl (C=O) groups excluding carboxylic acids is 1. The molecular weight excluding hydrogens is 270 g/mol. The van der Waals surface area contributed by atoms with Crippen molar-refractivity contribution < 1.29 is 9.53 Å². The van der Waals surface area contributed by atoms with Crippen molar-refractivity contribution in [3.63, 3.8) is 0 Å². The Bertz CT molecular complexity index is 632. The first-order valence-electron chi connectivity index (χ1n) is 6.70. The second kappa shape index (κ2) is 4.94. The minimum Gasteiger partial charge on any atom is -0.454 e. The molecule has 4 heteroatoms. The SMILES string of the molecule is Cc1ccc(Nc2cc([C@]3(C)CCC(=O)O3)cs2)cc1. The number of hydrogen-bond acceptors (Lipinski definition) is 4. The second-order valence-corrected chi connectivity index (χ2v) is 6.31. The van der Waals surface area contributed by atoms with Gasteiger partial charge in [0.05, 0.1) is 5.00 Å². The molecule has 1 aromatic heterocycles. The van der Waals surface area contributed by atoms with E-state index in [0.29, 0.717) is 6.42 Å². The smallest absolute Gasteiger partial charge is 0.306 e. The van der Waals surface area contributed by atoms with Crippen molar-refractivity contribution in [3.8, 4) is 0 Å². The van der Waals surface area contributed by atoms with Gasteiger partial charge in [0, 0.05) is 29.5 Å². The summed E-state index contributed by atoms with van der Waals surface area (Å²) >= 11 is 1.63. The maximum atomic E-state index is 11.3. The number of thiophene rings is 1. The van der Waals surface area contributed by atoms with Crippen LogP contribution in [0.5, 0.6) is 0 Å². The van der Waals surface area contributed by atoms with Crippen LogP contribution in [0.25, 0.3) is 0 Å². The molecule has 1 saturated heterocycles. The highest BCUT2D eigenvalue weighted by atomic mass is 32.1. The summed E-state index contributed by atoms with van der Waals surface area (Å²) in [5.74, 6) is -0.105. The third kappa shape index (κ3) is 2.56. The number of ether oxygens (including phenoxy) is 1. The summed E-state index contributed by atoms with van der Waals surface area (Å²) in [5.41, 5.74) is 2.93. The highest BCUT2D eigenvalue weighted by Gasteiger charge is 2.38. The molecule has 2 heterocycles. The van der Waals surface area contributed by atoms with Crippen LogP contribution in [-0.2, 0) is 15.1 Å². The molecule has 104 valence electrons. The Morgan fingerprint density at radius 1 is 1.30 bits per heavy atom. The first-order chi connectivity index (χ1) is 9.55. The zero-order chi connectivity index (χ0) is 14.2. The van der Waals surface area contributed by atoms with E-state index in [-0.39, 0.29) is 5.97 Å². The minimum absolute atomic E-state index is 0.105. The van der Waals surface area contributed by atoms with Gasteiger partial charge in [0.25, 0.3) is 0 Å². The Labute approximate surface area is 122 Å². The van der Waals surface area contributed by atoms with E-state index in [1.165, 1.54) is 5.56 Å². The van der Waals surface area contributed by atoms with Crippen LogP contribution in [0.3, 0.4) is 0 Å². The van der Waals surface area contributed by atoms with Crippen molar-refractivity contribution in [2.24, 2.45) is 0 Å². The van der Waals surface area contributed by atoms with Gasteiger partial charge >= 0.3 is 5.97 Å². The van der Waals surface area contributed by atoms with Crippen molar-refractivity contribution in [3.05, 3.63) is 46.8 Å². The van der Waals surface area contributed by atoms with Crippen molar-refractivity contribution in [2.45, 2.75) is 32.3 Å². The molecule has 0 saturated carbocycles. The summed E-state index contributed by atoms with van der Waals surface area (Å²) in [6, 6.07) is 10.4. The van der Waals surface area contributed by atoms with Gasteiger partial charge in [-0.15, -0.1) is 11.3 Å². The van der Waals surface area contributed by atoms with E-state index in [1.54, 1.807) is 11.3 Å². The summed E-state index contributed by atoms with van der Waals surface area (Å²) in [7, 11) is 0. The Morgan fingerprint density at radius 3 is 2.70 bits per heavy atom. The molecule has 0 amide bonds. The van der Waals surface area contributed by atoms with Gasteiger partial charge in [0.2, 0.25) is 0 Å². The van der Waals surface area contributed by atoms with Gasteiger partial charge in [-0.25, -0.2) is 0 Å². The zero-order valence-corrected chi connectivity index (χ0v) is 12.4. The monoisotopic (exact) mass is 287 g/mol. The van der Waals surface area contributed by atoms with Crippen LogP contribution in [-0.4, -0.2) is 5.97 Å². The van der Waals surface area contributed by atoms with E-state index in [0.717, 1.165) is 22.7 Å². The number of aryl methyl sites for hydroxylation is 1. The molecule has 1 atom stereocenters. The predicted octanol–water partition coefficient (Wildman–Crippen LogP) is 4.35. The third-order valence-corrected chi connectivity index (χ3v) is 4.52. The summed E-state index contributed by atoms with van der Waals surface area (Å²) in [5, 5.41) is 6.51. The number of anilines is 2. The van der Waals surface area contributed by atoms with Gasteiger partial charge < -0.3 is 10.1 Å². The van der Waals surface area contributed by atoms with Crippen LogP contribution in [0.1, 0.15) is 30.9 Å². The number of benzene rings is 1. The second-order valence-electron chi connectivity index (χ2n) is 5.40. The Hall–Kier alpha value is -1.81. The number of rotatable bonds is 3. The lowest BCUT2D eigenvalue weighted by atomic mass is 9.96. The van der Waals surface area contributed by atoms with E-state index >= 15 is 0 Å². The standard InChI is InChI=1S/C16H17NO2S/c1-11-3-5-13(6-4-11)17-14-9-12(10-20-14)16(2)8-7-15(18)19-16/h3-6,9-10,17H,7-8H2,1-2H3/t16-/m0/s1. The van der Waals surface area contributed by atoms with Crippen LogP contribution in [0.4, 0.5) is 10.7 Å². The van der Waals surface area contributed by atoms with Crippen LogP contribution in [0, 0.1) is 6.92 Å². The average molecular weight is 287 g/mol. The van der Waals surface area contributed by atoms with E-state index in [4.69, 9.17) is 4.74 Å². The molecule has 1 aromatic carbocycles. The largest absolute Gasteiger partial charge is 0.454 e. The van der Waals surface area contributed by atoms with E-state index in [1.807, 2.05) is 6.92 Å². The number of carbonyl (C=O) groups is 1. The predicted molar refractivity (Wildman–Crippen MR) is 81.5 cm³/mol. The maximum Gasteiger partial charge on any atom is 0.306 e. The van der Waals surface area contributed by atoms with Gasteiger partial charge in [0.15, 0.2) is 0 Å². The highest BCUT2D eigenvalue weighted by Crippen LogP contribution is 2.40. The molecule has 1 N–H and O–H groups in total. The average Bonchev–Trinajstić information content (AvgIpc) is 3.01. The summed E-state index contributed by atoms with van der Waals surface area (Å²) in [4.78, 5) is 11.3. The first-order valence-corrected chi connectivity index (χ1v) is 7.58. The molecule has 0 bridgehead atoms. The fourth-order valence-corrected chi connectivity index (χ4v) is 3.30. The van der Waals surface area contributed by atoms with E-state index in [2.05, 4.69) is 48.0 Å². The zero-order valence-electron chi connectivity index (χ0n) is 11.6. The van der Waals surface area contributed by atoms with Gasteiger partial charge in [-0.05, 0) is 32.0 Å². The van der Waals surface area contributed by atoms with Crippen LogP contribution in [0.15, 0.2) is 35.7 Å². The molecule has 20 heavy (non-hydrogen) atoms. The first kappa shape index (κ1) is 13.2. The molecule has 1 fully saturated rings. The molecule has 3 nitrogen and oxygen atoms in total. The van der Waals surface area contributed by atoms with Crippen molar-refractivity contribution in [1.82, 2.24) is 0 Å². The Kier molecular flexibility index (Phi) is 3.26. The summed E-state index contributed by atoms with van der Waals surface area (Å²) in [6.45, 7) is 4.05. The molecule has 0 spiro atoms. The Morgan fingerprint density at radius 2 is 2.05 bits per heavy atom. The third-order valence-electron chi connectivity index (χ3n) is 3.67. The fraction of sp³-hybridized carbons (Fsp3) is 0.312. The molecule has 0 aliphatic carbocycles. The molecule has 1 aliphatic heterocycles. The lowest BCUT2D eigenvalue weighted by Gasteiger charge is -2.21. The number of cyclic esters (lactones) is 1. The summed E-state index contributed by atoms with van der Waals surface area (Å²) in [6.07, 6.45) is 1.26.